The van der Waals surface area contributed by atoms with Crippen LogP contribution < -0.4 is 0 Å². The van der Waals surface area contributed by atoms with Crippen LogP contribution in [-0.2, 0) is 14.3 Å². The maximum atomic E-state index is 10.4. The van der Waals surface area contributed by atoms with Gasteiger partial charge in [0.2, 0.25) is 0 Å². The van der Waals surface area contributed by atoms with Gasteiger partial charge in [-0.25, -0.2) is 0 Å². The third-order valence-corrected chi connectivity index (χ3v) is 1.57. The van der Waals surface area contributed by atoms with Crippen molar-refractivity contribution in [1.82, 2.24) is 0 Å². The quantitative estimate of drug-likeness (QED) is 0.442. The molecule has 5 heteroatoms. The van der Waals surface area contributed by atoms with Crippen molar-refractivity contribution in [3.05, 3.63) is 12.0 Å². The molecule has 0 spiro atoms. The molecule has 0 radical (unpaired) electrons. The molecule has 0 amide bonds. The standard InChI is InChI=1S/C5H7NO3S/c1-2-10(7,8)9-5-3-4-6/h2H,1,3,5H2. The van der Waals surface area contributed by atoms with Crippen LogP contribution in [0.25, 0.3) is 0 Å². The van der Waals surface area contributed by atoms with Gasteiger partial charge in [0.1, 0.15) is 0 Å². The van der Waals surface area contributed by atoms with E-state index < -0.39 is 10.1 Å². The smallest absolute Gasteiger partial charge is 0.266 e. The molecule has 0 atom stereocenters. The van der Waals surface area contributed by atoms with E-state index in [2.05, 4.69) is 10.8 Å². The van der Waals surface area contributed by atoms with E-state index >= 15 is 0 Å². The maximum Gasteiger partial charge on any atom is 0.289 e. The van der Waals surface area contributed by atoms with E-state index in [1.165, 1.54) is 0 Å². The van der Waals surface area contributed by atoms with Gasteiger partial charge in [0.15, 0.2) is 0 Å². The largest absolute Gasteiger partial charge is 0.289 e. The third-order valence-electron chi connectivity index (χ3n) is 0.666. The molecule has 0 rings (SSSR count). The Bertz CT molecular complexity index is 236. The van der Waals surface area contributed by atoms with Gasteiger partial charge in [-0.2, -0.15) is 13.7 Å². The maximum absolute atomic E-state index is 10.4. The summed E-state index contributed by atoms with van der Waals surface area (Å²) in [5.74, 6) is 0. The van der Waals surface area contributed by atoms with E-state index in [4.69, 9.17) is 5.26 Å². The Labute approximate surface area is 59.8 Å². The molecular weight excluding hydrogens is 154 g/mol. The predicted molar refractivity (Wildman–Crippen MR) is 35.3 cm³/mol. The van der Waals surface area contributed by atoms with Crippen LogP contribution >= 0.6 is 0 Å². The van der Waals surface area contributed by atoms with Crippen molar-refractivity contribution in [3.63, 3.8) is 0 Å². The molecule has 0 saturated carbocycles. The highest BCUT2D eigenvalue weighted by atomic mass is 32.2. The summed E-state index contributed by atoms with van der Waals surface area (Å²) in [6.07, 6.45) is 0.0626. The summed E-state index contributed by atoms with van der Waals surface area (Å²) in [6, 6.07) is 1.74. The zero-order chi connectivity index (χ0) is 8.04. The molecule has 0 N–H and O–H groups in total. The third kappa shape index (κ3) is 4.06. The summed E-state index contributed by atoms with van der Waals surface area (Å²) in [5.41, 5.74) is 0. The Morgan fingerprint density at radius 2 is 2.30 bits per heavy atom. The van der Waals surface area contributed by atoms with Crippen molar-refractivity contribution in [1.29, 1.82) is 5.26 Å². The number of hydrogen-bond acceptors (Lipinski definition) is 4. The van der Waals surface area contributed by atoms with Crippen LogP contribution in [0, 0.1) is 11.3 Å². The van der Waals surface area contributed by atoms with Gasteiger partial charge >= 0.3 is 0 Å². The van der Waals surface area contributed by atoms with E-state index in [0.29, 0.717) is 5.41 Å². The fourth-order valence-electron chi connectivity index (χ4n) is 0.252. The highest BCUT2D eigenvalue weighted by Crippen LogP contribution is 1.93. The first kappa shape index (κ1) is 9.14. The molecular formula is C5H7NO3S. The molecule has 56 valence electrons. The van der Waals surface area contributed by atoms with Crippen molar-refractivity contribution in [3.8, 4) is 6.07 Å². The summed E-state index contributed by atoms with van der Waals surface area (Å²) in [5, 5.41) is 8.68. The van der Waals surface area contributed by atoms with Crippen molar-refractivity contribution in [2.45, 2.75) is 6.42 Å². The number of rotatable bonds is 4. The summed E-state index contributed by atoms with van der Waals surface area (Å²) < 4.78 is 25.1. The van der Waals surface area contributed by atoms with Crippen LogP contribution in [0.15, 0.2) is 12.0 Å². The molecule has 0 aliphatic carbocycles. The fourth-order valence-corrected chi connectivity index (χ4v) is 0.663. The highest BCUT2D eigenvalue weighted by molar-refractivity contribution is 7.89. The molecule has 4 nitrogen and oxygen atoms in total. The summed E-state index contributed by atoms with van der Waals surface area (Å²) in [6.45, 7) is 2.91. The monoisotopic (exact) mass is 161 g/mol. The van der Waals surface area contributed by atoms with Crippen LogP contribution in [-0.4, -0.2) is 15.0 Å². The molecule has 0 aromatic heterocycles. The second-order valence-electron chi connectivity index (χ2n) is 1.39. The second kappa shape index (κ2) is 4.04. The summed E-state index contributed by atoms with van der Waals surface area (Å²) in [4.78, 5) is 0. The Morgan fingerprint density at radius 3 is 2.70 bits per heavy atom. The Balaban J connectivity index is 3.72. The summed E-state index contributed by atoms with van der Waals surface area (Å²) >= 11 is 0. The summed E-state index contributed by atoms with van der Waals surface area (Å²) in [7, 11) is -3.58. The first-order valence-corrected chi connectivity index (χ1v) is 3.98. The van der Waals surface area contributed by atoms with Crippen molar-refractivity contribution in [2.24, 2.45) is 0 Å². The molecule has 0 aliphatic heterocycles. The van der Waals surface area contributed by atoms with E-state index in [1.54, 1.807) is 6.07 Å². The first-order chi connectivity index (χ1) is 4.62. The van der Waals surface area contributed by atoms with E-state index in [-0.39, 0.29) is 13.0 Å². The minimum atomic E-state index is -3.58. The Morgan fingerprint density at radius 1 is 1.70 bits per heavy atom. The molecule has 0 aliphatic rings. The second-order valence-corrected chi connectivity index (χ2v) is 2.94. The van der Waals surface area contributed by atoms with Gasteiger partial charge in [-0.05, 0) is 0 Å². The SMILES string of the molecule is C=CS(=O)(=O)OCCC#N. The number of hydrogen-bond donors (Lipinski definition) is 0. The lowest BCUT2D eigenvalue weighted by molar-refractivity contribution is 0.332. The van der Waals surface area contributed by atoms with Gasteiger partial charge in [-0.3, -0.25) is 4.18 Å². The van der Waals surface area contributed by atoms with Gasteiger partial charge in [0.25, 0.3) is 10.1 Å². The van der Waals surface area contributed by atoms with Crippen molar-refractivity contribution >= 4 is 10.1 Å². The normalized spacial score (nSPS) is 10.3. The minimum absolute atomic E-state index is 0.0626. The Hall–Kier alpha value is -0.860. The molecule has 0 unspecified atom stereocenters. The predicted octanol–water partition coefficient (Wildman–Crippen LogP) is 0.390. The lowest BCUT2D eigenvalue weighted by Gasteiger charge is -1.94. The zero-order valence-electron chi connectivity index (χ0n) is 5.28. The van der Waals surface area contributed by atoms with Crippen LogP contribution in [0.4, 0.5) is 0 Å². The zero-order valence-corrected chi connectivity index (χ0v) is 6.10. The average Bonchev–Trinajstić information content (AvgIpc) is 1.89. The number of nitrogens with zero attached hydrogens (tertiary/aromatic N) is 1. The van der Waals surface area contributed by atoms with Crippen LogP contribution in [0.5, 0.6) is 0 Å². The molecule has 0 saturated heterocycles. The fraction of sp³-hybridized carbons (Fsp3) is 0.400. The molecule has 0 fully saturated rings. The van der Waals surface area contributed by atoms with Crippen LogP contribution in [0.2, 0.25) is 0 Å². The van der Waals surface area contributed by atoms with E-state index in [0.717, 1.165) is 0 Å². The Kier molecular flexibility index (Phi) is 3.69. The van der Waals surface area contributed by atoms with Gasteiger partial charge in [0.05, 0.1) is 24.5 Å². The van der Waals surface area contributed by atoms with Gasteiger partial charge in [-0.1, -0.05) is 6.58 Å². The highest BCUT2D eigenvalue weighted by Gasteiger charge is 2.02. The lowest BCUT2D eigenvalue weighted by Crippen LogP contribution is -2.01. The van der Waals surface area contributed by atoms with Crippen molar-refractivity contribution in [2.75, 3.05) is 6.61 Å². The van der Waals surface area contributed by atoms with Gasteiger partial charge in [-0.15, -0.1) is 0 Å². The van der Waals surface area contributed by atoms with Crippen LogP contribution in [0.3, 0.4) is 0 Å². The molecule has 10 heavy (non-hydrogen) atoms. The van der Waals surface area contributed by atoms with E-state index in [1.807, 2.05) is 0 Å². The lowest BCUT2D eigenvalue weighted by atomic mass is 10.5. The molecule has 0 aromatic rings. The molecule has 0 bridgehead atoms. The van der Waals surface area contributed by atoms with Crippen LogP contribution in [0.1, 0.15) is 6.42 Å². The van der Waals surface area contributed by atoms with E-state index in [9.17, 15) is 8.42 Å². The molecule has 0 heterocycles. The van der Waals surface area contributed by atoms with Gasteiger partial charge in [0, 0.05) is 0 Å². The number of nitriles is 1. The van der Waals surface area contributed by atoms with Crippen molar-refractivity contribution < 1.29 is 12.6 Å². The molecule has 0 aromatic carbocycles. The van der Waals surface area contributed by atoms with Gasteiger partial charge < -0.3 is 0 Å². The minimum Gasteiger partial charge on any atom is -0.266 e. The topological polar surface area (TPSA) is 67.2 Å². The first-order valence-electron chi connectivity index (χ1n) is 2.51. The average molecular weight is 161 g/mol.